The second-order valence-corrected chi connectivity index (χ2v) is 2.59. The maximum atomic E-state index is 12.8. The van der Waals surface area contributed by atoms with E-state index < -0.39 is 29.3 Å². The Morgan fingerprint density at radius 1 is 1.14 bits per heavy atom. The third kappa shape index (κ3) is 2.86. The lowest BCUT2D eigenvalue weighted by atomic mass is 10.3. The van der Waals surface area contributed by atoms with Gasteiger partial charge in [0.15, 0.2) is 0 Å². The molecule has 0 N–H and O–H groups in total. The van der Waals surface area contributed by atoms with Gasteiger partial charge in [0.2, 0.25) is 0 Å². The molecule has 0 aromatic heterocycles. The van der Waals surface area contributed by atoms with Crippen molar-refractivity contribution in [2.45, 2.75) is 6.18 Å². The normalized spacial score (nSPS) is 11.5. The van der Waals surface area contributed by atoms with Crippen molar-refractivity contribution in [2.24, 2.45) is 0 Å². The van der Waals surface area contributed by atoms with Gasteiger partial charge in [-0.05, 0) is 12.1 Å². The zero-order valence-corrected chi connectivity index (χ0v) is 6.85. The minimum Gasteiger partial charge on any atom is -0.205 e. The summed E-state index contributed by atoms with van der Waals surface area (Å²) in [6.45, 7) is -1.83. The highest BCUT2D eigenvalue weighted by molar-refractivity contribution is 5.44. The molecule has 1 nitrogen and oxygen atoms in total. The predicted octanol–water partition coefficient (Wildman–Crippen LogP) is 3.08. The van der Waals surface area contributed by atoms with Crippen LogP contribution in [-0.4, -0.2) is 12.7 Å². The topological polar surface area (TPSA) is 3.24 Å². The van der Waals surface area contributed by atoms with Gasteiger partial charge in [0.1, 0.15) is 18.0 Å². The first-order valence-electron chi connectivity index (χ1n) is 3.65. The van der Waals surface area contributed by atoms with Crippen molar-refractivity contribution in [2.75, 3.05) is 11.7 Å². The Hall–Kier alpha value is -1.33. The van der Waals surface area contributed by atoms with E-state index in [0.717, 1.165) is 12.1 Å². The molecular formula is C8H6F5N. The van der Waals surface area contributed by atoms with Crippen LogP contribution in [0.3, 0.4) is 0 Å². The van der Waals surface area contributed by atoms with Crippen LogP contribution in [0.1, 0.15) is 0 Å². The van der Waals surface area contributed by atoms with Crippen LogP contribution in [0, 0.1) is 5.82 Å². The van der Waals surface area contributed by atoms with Crippen LogP contribution in [0.4, 0.5) is 27.7 Å². The van der Waals surface area contributed by atoms with Gasteiger partial charge in [-0.1, -0.05) is 16.6 Å². The summed E-state index contributed by atoms with van der Waals surface area (Å²) in [5.74, 6) is -1.03. The summed E-state index contributed by atoms with van der Waals surface area (Å²) < 4.78 is 60.7. The van der Waals surface area contributed by atoms with E-state index in [9.17, 15) is 22.0 Å². The van der Waals surface area contributed by atoms with E-state index in [-0.39, 0.29) is 0 Å². The Morgan fingerprint density at radius 2 is 1.71 bits per heavy atom. The molecular weight excluding hydrogens is 205 g/mol. The van der Waals surface area contributed by atoms with Gasteiger partial charge in [0.25, 0.3) is 0 Å². The molecule has 14 heavy (non-hydrogen) atoms. The van der Waals surface area contributed by atoms with Crippen LogP contribution in [0.25, 0.3) is 0 Å². The fraction of sp³-hybridized carbons (Fsp3) is 0.250. The molecule has 0 aliphatic rings. The van der Waals surface area contributed by atoms with Crippen LogP contribution in [0.2, 0.25) is 0 Å². The summed E-state index contributed by atoms with van der Waals surface area (Å²) in [4.78, 5) is 0. The Kier molecular flexibility index (Phi) is 2.93. The number of nitrogens with zero attached hydrogens (tertiary/aromatic N) is 1. The first-order valence-corrected chi connectivity index (χ1v) is 3.65. The van der Waals surface area contributed by atoms with Gasteiger partial charge in [-0.15, -0.1) is 0 Å². The molecule has 0 bridgehead atoms. The zero-order chi connectivity index (χ0) is 10.8. The van der Waals surface area contributed by atoms with Gasteiger partial charge in [-0.2, -0.15) is 18.3 Å². The van der Waals surface area contributed by atoms with Gasteiger partial charge in [0.05, 0.1) is 0 Å². The predicted molar refractivity (Wildman–Crippen MR) is 40.9 cm³/mol. The lowest BCUT2D eigenvalue weighted by molar-refractivity contribution is -0.124. The van der Waals surface area contributed by atoms with E-state index in [1.807, 2.05) is 0 Å². The number of anilines is 1. The monoisotopic (exact) mass is 211 g/mol. The summed E-state index contributed by atoms with van der Waals surface area (Å²) in [6.07, 6.45) is -4.70. The molecule has 6 heteroatoms. The average molecular weight is 211 g/mol. The number of benzene rings is 1. The van der Waals surface area contributed by atoms with E-state index in [4.69, 9.17) is 0 Å². The van der Waals surface area contributed by atoms with Gasteiger partial charge in [0, 0.05) is 0 Å². The van der Waals surface area contributed by atoms with Crippen LogP contribution in [0.15, 0.2) is 24.3 Å². The smallest absolute Gasteiger partial charge is 0.205 e. The summed E-state index contributed by atoms with van der Waals surface area (Å²) in [6, 6.07) is 4.33. The molecule has 0 aliphatic carbocycles. The lowest BCUT2D eigenvalue weighted by Gasteiger charge is -2.15. The van der Waals surface area contributed by atoms with Gasteiger partial charge in [-0.25, -0.2) is 4.39 Å². The van der Waals surface area contributed by atoms with Crippen molar-refractivity contribution in [3.63, 3.8) is 0 Å². The van der Waals surface area contributed by atoms with Crippen molar-refractivity contribution >= 4 is 5.69 Å². The van der Waals surface area contributed by atoms with Gasteiger partial charge >= 0.3 is 6.18 Å². The molecule has 0 spiro atoms. The highest BCUT2D eigenvalue weighted by atomic mass is 19.4. The second-order valence-electron chi connectivity index (χ2n) is 2.59. The molecule has 0 aliphatic heterocycles. The number of hydrogen-bond acceptors (Lipinski definition) is 1. The molecule has 1 aromatic carbocycles. The third-order valence-corrected chi connectivity index (χ3v) is 1.43. The van der Waals surface area contributed by atoms with Crippen molar-refractivity contribution in [1.29, 1.82) is 0 Å². The fourth-order valence-electron chi connectivity index (χ4n) is 0.891. The number of para-hydroxylation sites is 1. The number of rotatable bonds is 2. The van der Waals surface area contributed by atoms with E-state index >= 15 is 0 Å². The summed E-state index contributed by atoms with van der Waals surface area (Å²) in [5.41, 5.74) is -0.718. The molecule has 0 saturated carbocycles. The van der Waals surface area contributed by atoms with Gasteiger partial charge in [-0.3, -0.25) is 0 Å². The Labute approximate surface area is 76.7 Å². The molecule has 0 unspecified atom stereocenters. The Balaban J connectivity index is 2.80. The van der Waals surface area contributed by atoms with Crippen molar-refractivity contribution in [1.82, 2.24) is 0 Å². The first kappa shape index (κ1) is 10.7. The lowest BCUT2D eigenvalue weighted by Crippen LogP contribution is -2.28. The van der Waals surface area contributed by atoms with Crippen molar-refractivity contribution in [3.05, 3.63) is 30.1 Å². The second kappa shape index (κ2) is 3.81. The average Bonchev–Trinajstić information content (AvgIpc) is 2.01. The third-order valence-electron chi connectivity index (χ3n) is 1.43. The summed E-state index contributed by atoms with van der Waals surface area (Å²) >= 11 is 0. The highest BCUT2D eigenvalue weighted by Gasteiger charge is 2.32. The largest absolute Gasteiger partial charge is 0.408 e. The van der Waals surface area contributed by atoms with Gasteiger partial charge < -0.3 is 0 Å². The molecule has 0 amide bonds. The molecule has 0 radical (unpaired) electrons. The number of hydrogen-bond donors (Lipinski definition) is 0. The summed E-state index contributed by atoms with van der Waals surface area (Å²) in [5, 5.41) is -0.671. The van der Waals surface area contributed by atoms with E-state index in [1.165, 1.54) is 12.1 Å². The molecule has 1 rings (SSSR count). The number of halogens is 5. The molecule has 0 fully saturated rings. The van der Waals surface area contributed by atoms with Crippen molar-refractivity contribution < 1.29 is 22.0 Å². The SMILES string of the molecule is Fc1ccccc1N(F)CC(F)(F)F. The highest BCUT2D eigenvalue weighted by Crippen LogP contribution is 2.24. The quantitative estimate of drug-likeness (QED) is 0.536. The van der Waals surface area contributed by atoms with E-state index in [0.29, 0.717) is 0 Å². The maximum absolute atomic E-state index is 12.8. The number of alkyl halides is 3. The molecule has 0 saturated heterocycles. The van der Waals surface area contributed by atoms with Crippen molar-refractivity contribution in [3.8, 4) is 0 Å². The Morgan fingerprint density at radius 3 is 2.21 bits per heavy atom. The molecule has 78 valence electrons. The van der Waals surface area contributed by atoms with E-state index in [2.05, 4.69) is 0 Å². The maximum Gasteiger partial charge on any atom is 0.408 e. The molecule has 0 atom stereocenters. The van der Waals surface area contributed by atoms with Crippen LogP contribution >= 0.6 is 0 Å². The minimum atomic E-state index is -4.70. The zero-order valence-electron chi connectivity index (χ0n) is 6.85. The van der Waals surface area contributed by atoms with Crippen LogP contribution in [0.5, 0.6) is 0 Å². The fourth-order valence-corrected chi connectivity index (χ4v) is 0.891. The standard InChI is InChI=1S/C8H6F5N/c9-6-3-1-2-4-7(6)14(13)5-8(10,11)12/h1-4H,5H2. The van der Waals surface area contributed by atoms with Crippen LogP contribution < -0.4 is 5.12 Å². The Bertz CT molecular complexity index is 309. The summed E-state index contributed by atoms with van der Waals surface area (Å²) in [7, 11) is 0. The molecule has 1 aromatic rings. The van der Waals surface area contributed by atoms with Crippen LogP contribution in [-0.2, 0) is 0 Å². The molecule has 0 heterocycles. The minimum absolute atomic E-state index is 0.671. The first-order chi connectivity index (χ1) is 6.40. The van der Waals surface area contributed by atoms with E-state index in [1.54, 1.807) is 0 Å².